The van der Waals surface area contributed by atoms with Gasteiger partial charge in [0.1, 0.15) is 5.75 Å². The molecule has 106 valence electrons. The summed E-state index contributed by atoms with van der Waals surface area (Å²) in [7, 11) is 1.64. The number of carbonyl (C=O) groups is 1. The molecule has 5 heteroatoms. The van der Waals surface area contributed by atoms with Crippen molar-refractivity contribution in [3.05, 3.63) is 29.8 Å². The van der Waals surface area contributed by atoms with Gasteiger partial charge >= 0.3 is 5.97 Å². The molecule has 1 saturated heterocycles. The molecule has 1 aromatic carbocycles. The molecular formula is C14H20ClNO3. The van der Waals surface area contributed by atoms with Crippen LogP contribution in [0.5, 0.6) is 5.75 Å². The second-order valence-electron chi connectivity index (χ2n) is 4.70. The van der Waals surface area contributed by atoms with Crippen LogP contribution in [0.15, 0.2) is 24.3 Å². The Labute approximate surface area is 119 Å². The zero-order chi connectivity index (χ0) is 13.0. The van der Waals surface area contributed by atoms with Crippen LogP contribution in [0.3, 0.4) is 0 Å². The zero-order valence-corrected chi connectivity index (χ0v) is 11.8. The monoisotopic (exact) mass is 285 g/mol. The number of benzene rings is 1. The van der Waals surface area contributed by atoms with Crippen LogP contribution in [0.2, 0.25) is 0 Å². The number of carboxylic acids is 1. The van der Waals surface area contributed by atoms with Crippen LogP contribution < -0.4 is 10.1 Å². The summed E-state index contributed by atoms with van der Waals surface area (Å²) in [6.45, 7) is 0.907. The molecule has 2 atom stereocenters. The largest absolute Gasteiger partial charge is 0.497 e. The Bertz CT molecular complexity index is 408. The number of hydrogen-bond acceptors (Lipinski definition) is 3. The lowest BCUT2D eigenvalue weighted by molar-refractivity contribution is -0.143. The first-order valence-corrected chi connectivity index (χ1v) is 6.30. The lowest BCUT2D eigenvalue weighted by Crippen LogP contribution is -2.46. The van der Waals surface area contributed by atoms with Gasteiger partial charge in [0.25, 0.3) is 0 Å². The van der Waals surface area contributed by atoms with Gasteiger partial charge in [-0.2, -0.15) is 0 Å². The Hall–Kier alpha value is -1.26. The summed E-state index contributed by atoms with van der Waals surface area (Å²) in [5.41, 5.74) is 1.14. The van der Waals surface area contributed by atoms with E-state index in [1.54, 1.807) is 7.11 Å². The Morgan fingerprint density at radius 2 is 2.11 bits per heavy atom. The number of carboxylic acid groups (broad SMARTS) is 1. The van der Waals surface area contributed by atoms with E-state index in [1.807, 2.05) is 24.3 Å². The molecule has 0 amide bonds. The van der Waals surface area contributed by atoms with Crippen LogP contribution in [0.4, 0.5) is 0 Å². The van der Waals surface area contributed by atoms with Gasteiger partial charge in [-0.05, 0) is 43.5 Å². The molecule has 4 nitrogen and oxygen atoms in total. The van der Waals surface area contributed by atoms with Crippen LogP contribution in [-0.2, 0) is 11.2 Å². The summed E-state index contributed by atoms with van der Waals surface area (Å²) >= 11 is 0. The molecule has 0 aromatic heterocycles. The Kier molecular flexibility index (Phi) is 6.12. The molecule has 0 bridgehead atoms. The average molecular weight is 286 g/mol. The lowest BCUT2D eigenvalue weighted by Gasteiger charge is -2.29. The maximum Gasteiger partial charge on any atom is 0.308 e. The molecule has 1 fully saturated rings. The van der Waals surface area contributed by atoms with E-state index in [0.29, 0.717) is 0 Å². The Balaban J connectivity index is 0.00000180. The van der Waals surface area contributed by atoms with Crippen LogP contribution in [0.1, 0.15) is 18.4 Å². The minimum absolute atomic E-state index is 0. The van der Waals surface area contributed by atoms with Crippen molar-refractivity contribution in [1.82, 2.24) is 5.32 Å². The van der Waals surface area contributed by atoms with E-state index in [9.17, 15) is 9.90 Å². The number of ether oxygens (including phenoxy) is 1. The first-order valence-electron chi connectivity index (χ1n) is 6.30. The van der Waals surface area contributed by atoms with Gasteiger partial charge < -0.3 is 15.2 Å². The van der Waals surface area contributed by atoms with Gasteiger partial charge in [-0.25, -0.2) is 0 Å². The molecule has 19 heavy (non-hydrogen) atoms. The summed E-state index contributed by atoms with van der Waals surface area (Å²) in [5, 5.41) is 12.5. The third-order valence-electron chi connectivity index (χ3n) is 3.52. The fourth-order valence-electron chi connectivity index (χ4n) is 2.48. The van der Waals surface area contributed by atoms with E-state index in [-0.39, 0.29) is 24.4 Å². The molecule has 1 heterocycles. The lowest BCUT2D eigenvalue weighted by atomic mass is 9.87. The molecule has 2 N–H and O–H groups in total. The van der Waals surface area contributed by atoms with Crippen LogP contribution >= 0.6 is 12.4 Å². The number of methoxy groups -OCH3 is 1. The fourth-order valence-corrected chi connectivity index (χ4v) is 2.48. The molecule has 1 aliphatic rings. The first kappa shape index (κ1) is 15.8. The van der Waals surface area contributed by atoms with Crippen molar-refractivity contribution in [1.29, 1.82) is 0 Å². The van der Waals surface area contributed by atoms with Crippen LogP contribution in [0, 0.1) is 5.92 Å². The third-order valence-corrected chi connectivity index (χ3v) is 3.52. The average Bonchev–Trinajstić information content (AvgIpc) is 2.40. The van der Waals surface area contributed by atoms with Gasteiger partial charge in [0, 0.05) is 6.04 Å². The maximum atomic E-state index is 11.2. The highest BCUT2D eigenvalue weighted by Gasteiger charge is 2.30. The van der Waals surface area contributed by atoms with Crippen LogP contribution in [0.25, 0.3) is 0 Å². The highest BCUT2D eigenvalue weighted by Crippen LogP contribution is 2.21. The third kappa shape index (κ3) is 4.11. The number of nitrogens with one attached hydrogen (secondary N) is 1. The number of aliphatic carboxylic acids is 1. The fraction of sp³-hybridized carbons (Fsp3) is 0.500. The molecular weight excluding hydrogens is 266 g/mol. The standard InChI is InChI=1S/C14H19NO3.ClH/c1-18-11-6-4-10(5-7-11)9-13-12(14(16)17)3-2-8-15-13;/h4-7,12-13,15H,2-3,8-9H2,1H3,(H,16,17);1H. The number of halogens is 1. The second kappa shape index (κ2) is 7.36. The molecule has 0 radical (unpaired) electrons. The van der Waals surface area contributed by atoms with Crippen molar-refractivity contribution in [3.63, 3.8) is 0 Å². The van der Waals surface area contributed by atoms with Crippen molar-refractivity contribution in [3.8, 4) is 5.75 Å². The van der Waals surface area contributed by atoms with E-state index in [2.05, 4.69) is 5.32 Å². The van der Waals surface area contributed by atoms with E-state index in [1.165, 1.54) is 0 Å². The molecule has 1 aromatic rings. The van der Waals surface area contributed by atoms with Gasteiger partial charge in [-0.3, -0.25) is 4.79 Å². The summed E-state index contributed by atoms with van der Waals surface area (Å²) in [4.78, 5) is 11.2. The van der Waals surface area contributed by atoms with Gasteiger partial charge in [-0.15, -0.1) is 12.4 Å². The zero-order valence-electron chi connectivity index (χ0n) is 11.0. The highest BCUT2D eigenvalue weighted by atomic mass is 35.5. The van der Waals surface area contributed by atoms with Crippen molar-refractivity contribution in [2.75, 3.05) is 13.7 Å². The predicted octanol–water partition coefficient (Wildman–Crippen LogP) is 2.11. The minimum Gasteiger partial charge on any atom is -0.497 e. The Morgan fingerprint density at radius 1 is 1.42 bits per heavy atom. The highest BCUT2D eigenvalue weighted by molar-refractivity contribution is 5.85. The van der Waals surface area contributed by atoms with E-state index in [0.717, 1.165) is 37.1 Å². The van der Waals surface area contributed by atoms with E-state index < -0.39 is 5.97 Å². The van der Waals surface area contributed by atoms with Crippen molar-refractivity contribution < 1.29 is 14.6 Å². The van der Waals surface area contributed by atoms with Crippen molar-refractivity contribution in [2.45, 2.75) is 25.3 Å². The topological polar surface area (TPSA) is 58.6 Å². The maximum absolute atomic E-state index is 11.2. The van der Waals surface area contributed by atoms with Gasteiger partial charge in [-0.1, -0.05) is 12.1 Å². The number of hydrogen-bond donors (Lipinski definition) is 2. The first-order chi connectivity index (χ1) is 8.70. The Morgan fingerprint density at radius 3 is 2.68 bits per heavy atom. The van der Waals surface area contributed by atoms with E-state index >= 15 is 0 Å². The van der Waals surface area contributed by atoms with Gasteiger partial charge in [0.05, 0.1) is 13.0 Å². The normalized spacial score (nSPS) is 22.4. The smallest absolute Gasteiger partial charge is 0.308 e. The summed E-state index contributed by atoms with van der Waals surface area (Å²) in [5.74, 6) is -0.147. The number of piperidine rings is 1. The molecule has 2 unspecified atom stereocenters. The van der Waals surface area contributed by atoms with Gasteiger partial charge in [0.15, 0.2) is 0 Å². The SMILES string of the molecule is COc1ccc(CC2NCCCC2C(=O)O)cc1.Cl. The molecule has 0 saturated carbocycles. The summed E-state index contributed by atoms with van der Waals surface area (Å²) in [6, 6.07) is 7.84. The minimum atomic E-state index is -0.694. The predicted molar refractivity (Wildman–Crippen MR) is 76.1 cm³/mol. The molecule has 1 aliphatic heterocycles. The summed E-state index contributed by atoms with van der Waals surface area (Å²) in [6.07, 6.45) is 2.46. The second-order valence-corrected chi connectivity index (χ2v) is 4.70. The van der Waals surface area contributed by atoms with Crippen molar-refractivity contribution in [2.24, 2.45) is 5.92 Å². The van der Waals surface area contributed by atoms with Gasteiger partial charge in [0.2, 0.25) is 0 Å². The molecule has 0 spiro atoms. The molecule has 0 aliphatic carbocycles. The van der Waals surface area contributed by atoms with Crippen molar-refractivity contribution >= 4 is 18.4 Å². The number of rotatable bonds is 4. The molecule has 2 rings (SSSR count). The van der Waals surface area contributed by atoms with Crippen LogP contribution in [-0.4, -0.2) is 30.8 Å². The van der Waals surface area contributed by atoms with E-state index in [4.69, 9.17) is 4.74 Å². The summed E-state index contributed by atoms with van der Waals surface area (Å²) < 4.78 is 5.11. The quantitative estimate of drug-likeness (QED) is 0.890.